The highest BCUT2D eigenvalue weighted by Gasteiger charge is 2.16. The van der Waals surface area contributed by atoms with Gasteiger partial charge in [0.05, 0.1) is 13.2 Å². The molecule has 0 aromatic heterocycles. The molecule has 4 heteroatoms. The Balaban J connectivity index is 1.84. The van der Waals surface area contributed by atoms with Crippen LogP contribution in [0.25, 0.3) is 0 Å². The van der Waals surface area contributed by atoms with E-state index in [4.69, 9.17) is 16.3 Å². The molecule has 0 fully saturated rings. The van der Waals surface area contributed by atoms with Gasteiger partial charge in [0.25, 0.3) is 0 Å². The normalized spacial score (nSPS) is 13.3. The molecular formula is C16H12ClFO2. The van der Waals surface area contributed by atoms with Gasteiger partial charge >= 0.3 is 0 Å². The van der Waals surface area contributed by atoms with Crippen molar-refractivity contribution in [2.45, 2.75) is 19.6 Å². The van der Waals surface area contributed by atoms with Gasteiger partial charge in [-0.3, -0.25) is 4.79 Å². The third kappa shape index (κ3) is 2.60. The average molecular weight is 291 g/mol. The fraction of sp³-hybridized carbons (Fsp3) is 0.188. The predicted octanol–water partition coefficient (Wildman–Crippen LogP) is 3.93. The molecule has 1 aliphatic heterocycles. The summed E-state index contributed by atoms with van der Waals surface area (Å²) < 4.78 is 18.9. The first-order valence-corrected chi connectivity index (χ1v) is 6.68. The summed E-state index contributed by atoms with van der Waals surface area (Å²) in [7, 11) is 0. The molecule has 20 heavy (non-hydrogen) atoms. The van der Waals surface area contributed by atoms with Crippen molar-refractivity contribution in [1.82, 2.24) is 0 Å². The van der Waals surface area contributed by atoms with E-state index < -0.39 is 5.82 Å². The quantitative estimate of drug-likeness (QED) is 0.801. The number of Topliss-reactive ketones (excluding diaryl/α,β-unsaturated/α-hetero) is 1. The average Bonchev–Trinajstić information content (AvgIpc) is 2.90. The maximum Gasteiger partial charge on any atom is 0.167 e. The summed E-state index contributed by atoms with van der Waals surface area (Å²) in [6.45, 7) is 1.12. The molecule has 1 aliphatic rings. The topological polar surface area (TPSA) is 26.3 Å². The van der Waals surface area contributed by atoms with Crippen LogP contribution in [0.5, 0.6) is 0 Å². The summed E-state index contributed by atoms with van der Waals surface area (Å²) in [5.41, 5.74) is 3.03. The van der Waals surface area contributed by atoms with Crippen molar-refractivity contribution >= 4 is 17.4 Å². The number of benzene rings is 2. The zero-order chi connectivity index (χ0) is 14.1. The molecule has 102 valence electrons. The number of carbonyl (C=O) groups excluding carboxylic acids is 1. The zero-order valence-corrected chi connectivity index (χ0v) is 11.4. The van der Waals surface area contributed by atoms with Gasteiger partial charge in [0.15, 0.2) is 5.78 Å². The van der Waals surface area contributed by atoms with Crippen molar-refractivity contribution in [2.75, 3.05) is 0 Å². The second-order valence-corrected chi connectivity index (χ2v) is 5.25. The van der Waals surface area contributed by atoms with Crippen LogP contribution in [0, 0.1) is 5.82 Å². The summed E-state index contributed by atoms with van der Waals surface area (Å²) in [6.07, 6.45) is 0.00599. The van der Waals surface area contributed by atoms with E-state index in [1.54, 1.807) is 6.07 Å². The Kier molecular flexibility index (Phi) is 3.55. The van der Waals surface area contributed by atoms with Crippen LogP contribution in [0.3, 0.4) is 0 Å². The van der Waals surface area contributed by atoms with E-state index in [-0.39, 0.29) is 12.2 Å². The highest BCUT2D eigenvalue weighted by atomic mass is 35.5. The molecule has 2 aromatic rings. The van der Waals surface area contributed by atoms with Crippen LogP contribution in [0.1, 0.15) is 27.0 Å². The second-order valence-electron chi connectivity index (χ2n) is 4.81. The number of hydrogen-bond acceptors (Lipinski definition) is 2. The first-order chi connectivity index (χ1) is 9.63. The highest BCUT2D eigenvalue weighted by Crippen LogP contribution is 2.22. The number of halogens is 2. The Labute approximate surface area is 121 Å². The zero-order valence-electron chi connectivity index (χ0n) is 10.7. The van der Waals surface area contributed by atoms with Crippen LogP contribution in [0.15, 0.2) is 36.4 Å². The number of hydrogen-bond donors (Lipinski definition) is 0. The molecule has 3 rings (SSSR count). The van der Waals surface area contributed by atoms with Crippen molar-refractivity contribution in [3.8, 4) is 0 Å². The van der Waals surface area contributed by atoms with Crippen molar-refractivity contribution in [3.63, 3.8) is 0 Å². The van der Waals surface area contributed by atoms with Crippen molar-refractivity contribution in [3.05, 3.63) is 69.5 Å². The highest BCUT2D eigenvalue weighted by molar-refractivity contribution is 6.30. The molecule has 0 saturated carbocycles. The van der Waals surface area contributed by atoms with E-state index in [0.29, 0.717) is 29.4 Å². The molecule has 0 aliphatic carbocycles. The lowest BCUT2D eigenvalue weighted by atomic mass is 9.99. The van der Waals surface area contributed by atoms with Gasteiger partial charge in [0.2, 0.25) is 0 Å². The Bertz CT molecular complexity index is 682. The minimum atomic E-state index is -0.410. The molecule has 0 bridgehead atoms. The lowest BCUT2D eigenvalue weighted by Gasteiger charge is -2.05. The largest absolute Gasteiger partial charge is 0.372 e. The predicted molar refractivity (Wildman–Crippen MR) is 74.4 cm³/mol. The molecule has 1 heterocycles. The van der Waals surface area contributed by atoms with Crippen LogP contribution in [-0.4, -0.2) is 5.78 Å². The maximum atomic E-state index is 13.6. The molecule has 0 atom stereocenters. The van der Waals surface area contributed by atoms with Gasteiger partial charge in [-0.1, -0.05) is 23.7 Å². The Morgan fingerprint density at radius 2 is 1.95 bits per heavy atom. The van der Waals surface area contributed by atoms with E-state index in [1.807, 2.05) is 12.1 Å². The fourth-order valence-corrected chi connectivity index (χ4v) is 2.49. The smallest absolute Gasteiger partial charge is 0.167 e. The first-order valence-electron chi connectivity index (χ1n) is 6.30. The van der Waals surface area contributed by atoms with Crippen molar-refractivity contribution in [1.29, 1.82) is 0 Å². The SMILES string of the molecule is O=C(Cc1cc(Cl)ccc1F)c1ccc2c(c1)COC2. The van der Waals surface area contributed by atoms with Crippen LogP contribution >= 0.6 is 11.6 Å². The minimum absolute atomic E-state index is 0.00599. The van der Waals surface area contributed by atoms with Gasteiger partial charge in [-0.2, -0.15) is 0 Å². The summed E-state index contributed by atoms with van der Waals surface area (Å²) in [6, 6.07) is 9.72. The van der Waals surface area contributed by atoms with Crippen molar-refractivity contribution in [2.24, 2.45) is 0 Å². The maximum absolute atomic E-state index is 13.6. The van der Waals surface area contributed by atoms with E-state index in [9.17, 15) is 9.18 Å². The van der Waals surface area contributed by atoms with E-state index in [1.165, 1.54) is 18.2 Å². The Morgan fingerprint density at radius 1 is 1.15 bits per heavy atom. The van der Waals surface area contributed by atoms with E-state index in [0.717, 1.165) is 11.1 Å². The molecule has 0 amide bonds. The molecule has 2 aromatic carbocycles. The number of rotatable bonds is 3. The number of fused-ring (bicyclic) bond motifs is 1. The third-order valence-corrected chi connectivity index (χ3v) is 3.64. The van der Waals surface area contributed by atoms with Crippen LogP contribution < -0.4 is 0 Å². The molecule has 2 nitrogen and oxygen atoms in total. The number of ketones is 1. The summed E-state index contributed by atoms with van der Waals surface area (Å²) in [4.78, 5) is 12.2. The number of ether oxygens (including phenoxy) is 1. The van der Waals surface area contributed by atoms with Crippen molar-refractivity contribution < 1.29 is 13.9 Å². The Morgan fingerprint density at radius 3 is 2.80 bits per heavy atom. The molecular weight excluding hydrogens is 279 g/mol. The van der Waals surface area contributed by atoms with Gasteiger partial charge < -0.3 is 4.74 Å². The Hall–Kier alpha value is -1.71. The molecule has 0 N–H and O–H groups in total. The van der Waals surface area contributed by atoms with E-state index >= 15 is 0 Å². The van der Waals surface area contributed by atoms with Crippen LogP contribution in [0.2, 0.25) is 5.02 Å². The van der Waals surface area contributed by atoms with Crippen LogP contribution in [-0.2, 0) is 24.4 Å². The van der Waals surface area contributed by atoms with Gasteiger partial charge in [-0.15, -0.1) is 0 Å². The molecule has 0 spiro atoms. The van der Waals surface area contributed by atoms with E-state index in [2.05, 4.69) is 0 Å². The lowest BCUT2D eigenvalue weighted by molar-refractivity contribution is 0.0991. The number of carbonyl (C=O) groups is 1. The molecule has 0 saturated heterocycles. The first kappa shape index (κ1) is 13.3. The minimum Gasteiger partial charge on any atom is -0.372 e. The van der Waals surface area contributed by atoms with Gasteiger partial charge in [0, 0.05) is 17.0 Å². The van der Waals surface area contributed by atoms with Gasteiger partial charge in [-0.25, -0.2) is 4.39 Å². The molecule has 0 radical (unpaired) electrons. The lowest BCUT2D eigenvalue weighted by Crippen LogP contribution is -2.06. The second kappa shape index (κ2) is 5.35. The fourth-order valence-electron chi connectivity index (χ4n) is 2.30. The summed E-state index contributed by atoms with van der Waals surface area (Å²) >= 11 is 5.83. The van der Waals surface area contributed by atoms with Gasteiger partial charge in [-0.05, 0) is 41.0 Å². The summed E-state index contributed by atoms with van der Waals surface area (Å²) in [5.74, 6) is -0.534. The molecule has 0 unspecified atom stereocenters. The van der Waals surface area contributed by atoms with Crippen LogP contribution in [0.4, 0.5) is 4.39 Å². The summed E-state index contributed by atoms with van der Waals surface area (Å²) in [5, 5.41) is 0.427. The van der Waals surface area contributed by atoms with Gasteiger partial charge in [0.1, 0.15) is 5.82 Å². The third-order valence-electron chi connectivity index (χ3n) is 3.40. The monoisotopic (exact) mass is 290 g/mol. The standard InChI is InChI=1S/C16H12ClFO2/c17-14-3-4-15(18)12(6-14)7-16(19)10-1-2-11-8-20-9-13(11)5-10/h1-6H,7-9H2.